The molecule has 0 aliphatic carbocycles. The van der Waals surface area contributed by atoms with Crippen molar-refractivity contribution in [2.24, 2.45) is 0 Å². The van der Waals surface area contributed by atoms with Crippen molar-refractivity contribution in [3.63, 3.8) is 0 Å². The zero-order valence-electron chi connectivity index (χ0n) is 32.4. The van der Waals surface area contributed by atoms with Gasteiger partial charge in [0.2, 0.25) is 0 Å². The van der Waals surface area contributed by atoms with Gasteiger partial charge >= 0.3 is 19.8 Å². The maximum absolute atomic E-state index is 12.4. The molecule has 9 nitrogen and oxygen atoms in total. The van der Waals surface area contributed by atoms with Crippen LogP contribution in [0.5, 0.6) is 0 Å². The number of hydrogen-bond acceptors (Lipinski definition) is 7. The lowest BCUT2D eigenvalue weighted by Gasteiger charge is -2.18. The molecule has 1 saturated heterocycles. The van der Waals surface area contributed by atoms with Crippen molar-refractivity contribution in [3.8, 4) is 0 Å². The molecule has 1 aliphatic rings. The Bertz CT molecular complexity index is 1090. The van der Waals surface area contributed by atoms with Crippen molar-refractivity contribution in [1.82, 2.24) is 0 Å². The van der Waals surface area contributed by atoms with Gasteiger partial charge in [0.1, 0.15) is 6.61 Å². The normalized spacial score (nSPS) is 17.0. The van der Waals surface area contributed by atoms with Crippen molar-refractivity contribution in [2.45, 2.75) is 180 Å². The molecular formula is C42H71O9P. The molecule has 1 heterocycles. The fraction of sp³-hybridized carbons (Fsp3) is 0.714. The van der Waals surface area contributed by atoms with Crippen LogP contribution in [0.3, 0.4) is 0 Å². The third-order valence-electron chi connectivity index (χ3n) is 8.66. The number of ether oxygens (including phenoxy) is 3. The molecule has 2 unspecified atom stereocenters. The Morgan fingerprint density at radius 3 is 1.63 bits per heavy atom. The standard InChI is InChI=1S/C42H71O9P/c1-3-5-7-9-11-13-14-15-16-17-18-19-21-23-25-30-34-41(43)48-36-38(37-49-52(45,46)47)50-42(44)35-31-27-26-29-33-40-39(51-40)32-28-24-22-20-12-10-8-6-4-2/h11-13,15-16,20,24,26,28-29,38-40H,3-10,14,17-19,21-23,25,27,30-37H2,1-2H3,(H2,45,46,47)/b13-11-,16-15-,20-12-,28-24-,29-26-/t38-,39?,40?/m1/s1. The van der Waals surface area contributed by atoms with E-state index >= 15 is 0 Å². The highest BCUT2D eigenvalue weighted by Crippen LogP contribution is 2.36. The maximum Gasteiger partial charge on any atom is 0.469 e. The molecule has 1 aliphatic heterocycles. The zero-order valence-corrected chi connectivity index (χ0v) is 33.3. The molecule has 0 amide bonds. The molecule has 1 rings (SSSR count). The number of carbonyl (C=O) groups excluding carboxylic acids is 2. The Hall–Kier alpha value is -2.29. The number of allylic oxidation sites excluding steroid dienone is 8. The first-order chi connectivity index (χ1) is 25.2. The van der Waals surface area contributed by atoms with Gasteiger partial charge in [-0.15, -0.1) is 0 Å². The minimum atomic E-state index is -4.78. The summed E-state index contributed by atoms with van der Waals surface area (Å²) in [5.74, 6) is -0.975. The maximum atomic E-state index is 12.4. The van der Waals surface area contributed by atoms with Gasteiger partial charge in [-0.05, 0) is 83.5 Å². The van der Waals surface area contributed by atoms with Gasteiger partial charge < -0.3 is 24.0 Å². The first-order valence-corrected chi connectivity index (χ1v) is 21.7. The van der Waals surface area contributed by atoms with Crippen molar-refractivity contribution in [3.05, 3.63) is 60.8 Å². The Morgan fingerprint density at radius 1 is 0.596 bits per heavy atom. The smallest absolute Gasteiger partial charge is 0.462 e. The molecule has 298 valence electrons. The topological polar surface area (TPSA) is 132 Å². The minimum absolute atomic E-state index is 0.123. The Labute approximate surface area is 315 Å². The van der Waals surface area contributed by atoms with Crippen LogP contribution in [-0.4, -0.2) is 53.3 Å². The van der Waals surface area contributed by atoms with Crippen molar-refractivity contribution >= 4 is 19.8 Å². The molecule has 0 spiro atoms. The van der Waals surface area contributed by atoms with E-state index in [1.165, 1.54) is 51.4 Å². The SMILES string of the molecule is CCCCC/C=C\C/C=C\CCCCCCCCC(=O)OC[C@H](COP(=O)(O)O)OC(=O)CCC/C=C\CC1OC1C/C=C\C/C=C\CCCCC. The van der Waals surface area contributed by atoms with E-state index in [0.717, 1.165) is 64.2 Å². The number of phosphoric acid groups is 1. The van der Waals surface area contributed by atoms with Crippen LogP contribution in [0, 0.1) is 0 Å². The molecular weight excluding hydrogens is 679 g/mol. The molecule has 1 fully saturated rings. The second-order valence-electron chi connectivity index (χ2n) is 13.6. The first-order valence-electron chi connectivity index (χ1n) is 20.2. The Kier molecular flexibility index (Phi) is 30.6. The second kappa shape index (κ2) is 33.3. The fourth-order valence-electron chi connectivity index (χ4n) is 5.49. The summed E-state index contributed by atoms with van der Waals surface area (Å²) in [6.45, 7) is 3.55. The van der Waals surface area contributed by atoms with E-state index in [1.54, 1.807) is 0 Å². The van der Waals surface area contributed by atoms with Gasteiger partial charge in [-0.2, -0.15) is 0 Å². The summed E-state index contributed by atoms with van der Waals surface area (Å²) in [5, 5.41) is 0. The third kappa shape index (κ3) is 32.4. The van der Waals surface area contributed by atoms with E-state index in [2.05, 4.69) is 73.1 Å². The molecule has 0 radical (unpaired) electrons. The number of epoxide rings is 1. The summed E-state index contributed by atoms with van der Waals surface area (Å²) >= 11 is 0. The van der Waals surface area contributed by atoms with Gasteiger partial charge in [-0.3, -0.25) is 14.1 Å². The average Bonchev–Trinajstić information content (AvgIpc) is 3.87. The van der Waals surface area contributed by atoms with Gasteiger partial charge in [0, 0.05) is 12.8 Å². The van der Waals surface area contributed by atoms with E-state index in [9.17, 15) is 14.2 Å². The number of unbranched alkanes of at least 4 members (excludes halogenated alkanes) is 13. The monoisotopic (exact) mass is 750 g/mol. The zero-order chi connectivity index (χ0) is 38.0. The van der Waals surface area contributed by atoms with Crippen LogP contribution in [-0.2, 0) is 32.9 Å². The van der Waals surface area contributed by atoms with Crippen molar-refractivity contribution < 1.29 is 42.7 Å². The van der Waals surface area contributed by atoms with E-state index in [1.807, 2.05) is 6.08 Å². The van der Waals surface area contributed by atoms with Crippen LogP contribution in [0.4, 0.5) is 0 Å². The number of rotatable bonds is 35. The Balaban J connectivity index is 2.14. The summed E-state index contributed by atoms with van der Waals surface area (Å²) in [6, 6.07) is 0. The van der Waals surface area contributed by atoms with Crippen molar-refractivity contribution in [1.29, 1.82) is 0 Å². The van der Waals surface area contributed by atoms with E-state index in [-0.39, 0.29) is 31.7 Å². The quantitative estimate of drug-likeness (QED) is 0.0213. The molecule has 0 saturated carbocycles. The summed E-state index contributed by atoms with van der Waals surface area (Å²) in [4.78, 5) is 42.8. The molecule has 10 heteroatoms. The number of carbonyl (C=O) groups is 2. The number of esters is 2. The minimum Gasteiger partial charge on any atom is -0.462 e. The lowest BCUT2D eigenvalue weighted by atomic mass is 10.1. The lowest BCUT2D eigenvalue weighted by Crippen LogP contribution is -2.29. The Morgan fingerprint density at radius 2 is 1.06 bits per heavy atom. The predicted molar refractivity (Wildman–Crippen MR) is 211 cm³/mol. The van der Waals surface area contributed by atoms with Crippen molar-refractivity contribution in [2.75, 3.05) is 13.2 Å². The fourth-order valence-corrected chi connectivity index (χ4v) is 5.85. The lowest BCUT2D eigenvalue weighted by molar-refractivity contribution is -0.161. The number of hydrogen-bond donors (Lipinski definition) is 2. The van der Waals surface area contributed by atoms with Crippen LogP contribution < -0.4 is 0 Å². The highest BCUT2D eigenvalue weighted by molar-refractivity contribution is 7.46. The van der Waals surface area contributed by atoms with Gasteiger partial charge in [0.25, 0.3) is 0 Å². The number of phosphoric ester groups is 1. The summed E-state index contributed by atoms with van der Waals surface area (Å²) in [7, 11) is -4.78. The van der Waals surface area contributed by atoms with Gasteiger partial charge in [-0.25, -0.2) is 4.57 Å². The van der Waals surface area contributed by atoms with Crippen LogP contribution in [0.1, 0.15) is 162 Å². The second-order valence-corrected chi connectivity index (χ2v) is 14.9. The molecule has 0 aromatic carbocycles. The predicted octanol–water partition coefficient (Wildman–Crippen LogP) is 11.1. The molecule has 0 aromatic heterocycles. The summed E-state index contributed by atoms with van der Waals surface area (Å²) < 4.78 is 32.1. The largest absolute Gasteiger partial charge is 0.469 e. The molecule has 0 bridgehead atoms. The molecule has 3 atom stereocenters. The van der Waals surface area contributed by atoms with Crippen LogP contribution in [0.15, 0.2) is 60.8 Å². The van der Waals surface area contributed by atoms with Crippen LogP contribution >= 0.6 is 7.82 Å². The van der Waals surface area contributed by atoms with E-state index in [0.29, 0.717) is 19.3 Å². The highest BCUT2D eigenvalue weighted by atomic mass is 31.2. The molecule has 0 aromatic rings. The van der Waals surface area contributed by atoms with Gasteiger partial charge in [0.15, 0.2) is 6.10 Å². The third-order valence-corrected chi connectivity index (χ3v) is 9.15. The average molecular weight is 751 g/mol. The summed E-state index contributed by atoms with van der Waals surface area (Å²) in [5.41, 5.74) is 0. The first kappa shape index (κ1) is 47.7. The van der Waals surface area contributed by atoms with Crippen LogP contribution in [0.2, 0.25) is 0 Å². The van der Waals surface area contributed by atoms with Gasteiger partial charge in [-0.1, -0.05) is 126 Å². The highest BCUT2D eigenvalue weighted by Gasteiger charge is 2.36. The summed E-state index contributed by atoms with van der Waals surface area (Å²) in [6.07, 6.45) is 43.9. The molecule has 52 heavy (non-hydrogen) atoms. The van der Waals surface area contributed by atoms with E-state index in [4.69, 9.17) is 24.0 Å². The van der Waals surface area contributed by atoms with E-state index < -0.39 is 32.5 Å². The van der Waals surface area contributed by atoms with Crippen LogP contribution in [0.25, 0.3) is 0 Å². The van der Waals surface area contributed by atoms with Gasteiger partial charge in [0.05, 0.1) is 18.8 Å². The molecule has 2 N–H and O–H groups in total.